The van der Waals surface area contributed by atoms with Crippen LogP contribution in [0.4, 0.5) is 0 Å². The molecule has 8 heteroatoms. The van der Waals surface area contributed by atoms with E-state index in [0.717, 1.165) is 12.8 Å². The lowest BCUT2D eigenvalue weighted by Gasteiger charge is -2.31. The highest BCUT2D eigenvalue weighted by molar-refractivity contribution is 7.91. The Morgan fingerprint density at radius 1 is 1.36 bits per heavy atom. The monoisotopic (exact) mass is 369 g/mol. The van der Waals surface area contributed by atoms with E-state index in [-0.39, 0.29) is 29.0 Å². The first-order valence-electron chi connectivity index (χ1n) is 8.72. The fourth-order valence-corrected chi connectivity index (χ4v) is 5.01. The zero-order valence-electron chi connectivity index (χ0n) is 15.0. The molecule has 2 saturated heterocycles. The molecule has 0 aromatic rings. The molecule has 1 amide bonds. The van der Waals surface area contributed by atoms with Crippen LogP contribution in [0.1, 0.15) is 26.2 Å². The zero-order valence-corrected chi connectivity index (χ0v) is 15.8. The zero-order chi connectivity index (χ0) is 18.4. The van der Waals surface area contributed by atoms with Crippen molar-refractivity contribution in [2.24, 2.45) is 5.92 Å². The highest BCUT2D eigenvalue weighted by Crippen LogP contribution is 2.21. The van der Waals surface area contributed by atoms with Gasteiger partial charge in [0.2, 0.25) is 0 Å². The van der Waals surface area contributed by atoms with E-state index >= 15 is 0 Å². The molecule has 0 spiro atoms. The summed E-state index contributed by atoms with van der Waals surface area (Å²) in [6.07, 6.45) is 3.93. The summed E-state index contributed by atoms with van der Waals surface area (Å²) in [5, 5.41) is 9.46. The Kier molecular flexibility index (Phi) is 6.85. The number of carbonyl (C=O) groups excluding carboxylic acids is 1. The van der Waals surface area contributed by atoms with Crippen molar-refractivity contribution >= 4 is 15.7 Å². The molecule has 0 aromatic carbocycles. The van der Waals surface area contributed by atoms with Gasteiger partial charge < -0.3 is 14.5 Å². The number of nitrogens with zero attached hydrogens (tertiary/aromatic N) is 3. The third kappa shape index (κ3) is 5.44. The molecular weight excluding hydrogens is 342 g/mol. The average Bonchev–Trinajstić information content (AvgIpc) is 2.95. The van der Waals surface area contributed by atoms with Gasteiger partial charge in [-0.1, -0.05) is 6.92 Å². The standard InChI is InChI=1S/C17H27N3O4S/c1-14-3-6-19(7-4-14)17(21)15(11-18)12-20(8-9-24-2)16-5-10-25(22,23)13-16/h12,14,16H,3-10,13H2,1-2H3/b15-12-. The van der Waals surface area contributed by atoms with Gasteiger partial charge >= 0.3 is 0 Å². The van der Waals surface area contributed by atoms with Gasteiger partial charge in [-0.3, -0.25) is 4.79 Å². The molecule has 0 N–H and O–H groups in total. The smallest absolute Gasteiger partial charge is 0.266 e. The highest BCUT2D eigenvalue weighted by Gasteiger charge is 2.32. The molecule has 0 radical (unpaired) electrons. The van der Waals surface area contributed by atoms with Gasteiger partial charge in [-0.15, -0.1) is 0 Å². The first-order chi connectivity index (χ1) is 11.9. The van der Waals surface area contributed by atoms with Gasteiger partial charge in [-0.05, 0) is 25.2 Å². The quantitative estimate of drug-likeness (QED) is 0.508. The molecule has 0 aliphatic carbocycles. The van der Waals surface area contributed by atoms with Crippen LogP contribution >= 0.6 is 0 Å². The van der Waals surface area contributed by atoms with Crippen LogP contribution in [0, 0.1) is 17.2 Å². The van der Waals surface area contributed by atoms with E-state index in [2.05, 4.69) is 6.92 Å². The predicted molar refractivity (Wildman–Crippen MR) is 94.3 cm³/mol. The van der Waals surface area contributed by atoms with Crippen molar-refractivity contribution in [3.63, 3.8) is 0 Å². The van der Waals surface area contributed by atoms with Gasteiger partial charge in [0, 0.05) is 39.0 Å². The number of hydrogen-bond donors (Lipinski definition) is 0. The normalized spacial score (nSPS) is 24.1. The maximum Gasteiger partial charge on any atom is 0.266 e. The number of piperidine rings is 1. The third-order valence-corrected chi connectivity index (χ3v) is 6.70. The summed E-state index contributed by atoms with van der Waals surface area (Å²) in [5.74, 6) is 0.536. The fourth-order valence-electron chi connectivity index (χ4n) is 3.27. The number of amides is 1. The molecule has 0 aromatic heterocycles. The van der Waals surface area contributed by atoms with Gasteiger partial charge in [0.05, 0.1) is 18.1 Å². The van der Waals surface area contributed by atoms with Crippen molar-refractivity contribution < 1.29 is 17.9 Å². The summed E-state index contributed by atoms with van der Waals surface area (Å²) < 4.78 is 28.6. The van der Waals surface area contributed by atoms with Crippen molar-refractivity contribution in [2.45, 2.75) is 32.2 Å². The Labute approximate surface area is 150 Å². The maximum absolute atomic E-state index is 12.6. The molecule has 1 unspecified atom stereocenters. The Morgan fingerprint density at radius 3 is 2.56 bits per heavy atom. The first kappa shape index (κ1) is 19.7. The lowest BCUT2D eigenvalue weighted by atomic mass is 9.99. The Balaban J connectivity index is 2.14. The number of carbonyl (C=O) groups is 1. The number of ether oxygens (including phenoxy) is 1. The van der Waals surface area contributed by atoms with Crippen molar-refractivity contribution in [3.05, 3.63) is 11.8 Å². The summed E-state index contributed by atoms with van der Waals surface area (Å²) in [5.41, 5.74) is 0.0648. The molecule has 2 rings (SSSR count). The Morgan fingerprint density at radius 2 is 2.04 bits per heavy atom. The average molecular weight is 369 g/mol. The van der Waals surface area contributed by atoms with Crippen molar-refractivity contribution in [1.82, 2.24) is 9.80 Å². The predicted octanol–water partition coefficient (Wildman–Crippen LogP) is 0.788. The van der Waals surface area contributed by atoms with Gasteiger partial charge in [0.25, 0.3) is 5.91 Å². The van der Waals surface area contributed by atoms with E-state index in [1.54, 1.807) is 16.9 Å². The van der Waals surface area contributed by atoms with Gasteiger partial charge in [-0.2, -0.15) is 5.26 Å². The molecule has 1 atom stereocenters. The third-order valence-electron chi connectivity index (χ3n) is 4.95. The lowest BCUT2D eigenvalue weighted by Crippen LogP contribution is -2.40. The summed E-state index contributed by atoms with van der Waals surface area (Å²) in [7, 11) is -1.48. The number of rotatable bonds is 6. The second-order valence-corrected chi connectivity index (χ2v) is 9.15. The molecule has 0 bridgehead atoms. The van der Waals surface area contributed by atoms with E-state index in [9.17, 15) is 18.5 Å². The van der Waals surface area contributed by atoms with E-state index in [0.29, 0.717) is 38.6 Å². The molecule has 2 fully saturated rings. The summed E-state index contributed by atoms with van der Waals surface area (Å²) in [6.45, 7) is 4.34. The second kappa shape index (κ2) is 8.68. The van der Waals surface area contributed by atoms with E-state index in [1.807, 2.05) is 6.07 Å². The second-order valence-electron chi connectivity index (χ2n) is 6.92. The van der Waals surface area contributed by atoms with E-state index < -0.39 is 9.84 Å². The lowest BCUT2D eigenvalue weighted by molar-refractivity contribution is -0.128. The molecule has 140 valence electrons. The maximum atomic E-state index is 12.6. The fraction of sp³-hybridized carbons (Fsp3) is 0.765. The van der Waals surface area contributed by atoms with Crippen molar-refractivity contribution in [3.8, 4) is 6.07 Å². The molecule has 7 nitrogen and oxygen atoms in total. The number of methoxy groups -OCH3 is 1. The molecule has 2 heterocycles. The van der Waals surface area contributed by atoms with Crippen molar-refractivity contribution in [2.75, 3.05) is 44.9 Å². The molecule has 0 saturated carbocycles. The SMILES string of the molecule is COCCN(/C=C(/C#N)C(=O)N1CCC(C)CC1)C1CCS(=O)(=O)C1. The summed E-state index contributed by atoms with van der Waals surface area (Å²) >= 11 is 0. The van der Waals surface area contributed by atoms with Crippen LogP contribution < -0.4 is 0 Å². The van der Waals surface area contributed by atoms with Crippen LogP contribution in [0.3, 0.4) is 0 Å². The van der Waals surface area contributed by atoms with Gasteiger partial charge in [-0.25, -0.2) is 8.42 Å². The van der Waals surface area contributed by atoms with E-state index in [1.165, 1.54) is 6.20 Å². The highest BCUT2D eigenvalue weighted by atomic mass is 32.2. The van der Waals surface area contributed by atoms with Crippen LogP contribution in [0.2, 0.25) is 0 Å². The summed E-state index contributed by atoms with van der Waals surface area (Å²) in [4.78, 5) is 16.2. The minimum absolute atomic E-state index is 0.0569. The summed E-state index contributed by atoms with van der Waals surface area (Å²) in [6, 6.07) is 1.79. The topological polar surface area (TPSA) is 90.7 Å². The molecule has 2 aliphatic heterocycles. The minimum Gasteiger partial charge on any atom is -0.383 e. The van der Waals surface area contributed by atoms with Crippen molar-refractivity contribution in [1.29, 1.82) is 5.26 Å². The van der Waals surface area contributed by atoms with Crippen LogP contribution in [0.25, 0.3) is 0 Å². The van der Waals surface area contributed by atoms with Gasteiger partial charge in [0.1, 0.15) is 11.6 Å². The molecule has 2 aliphatic rings. The number of sulfone groups is 1. The Bertz CT molecular complexity index is 645. The van der Waals surface area contributed by atoms with E-state index in [4.69, 9.17) is 4.74 Å². The van der Waals surface area contributed by atoms with Crippen LogP contribution in [-0.2, 0) is 19.4 Å². The van der Waals surface area contributed by atoms with Crippen LogP contribution in [0.15, 0.2) is 11.8 Å². The largest absolute Gasteiger partial charge is 0.383 e. The number of nitriles is 1. The van der Waals surface area contributed by atoms with Gasteiger partial charge in [0.15, 0.2) is 9.84 Å². The van der Waals surface area contributed by atoms with Crippen LogP contribution in [-0.4, -0.2) is 75.0 Å². The minimum atomic E-state index is -3.04. The first-order valence-corrected chi connectivity index (χ1v) is 10.5. The van der Waals surface area contributed by atoms with Crippen LogP contribution in [0.5, 0.6) is 0 Å². The molecular formula is C17H27N3O4S. The number of likely N-dealkylation sites (tertiary alicyclic amines) is 1. The Hall–Kier alpha value is -1.59. The molecule has 25 heavy (non-hydrogen) atoms. The number of hydrogen-bond acceptors (Lipinski definition) is 6.